The maximum atomic E-state index is 3.54. The van der Waals surface area contributed by atoms with Crippen LogP contribution in [0.3, 0.4) is 0 Å². The molecule has 0 aliphatic carbocycles. The molecule has 2 aromatic rings. The van der Waals surface area contributed by atoms with Crippen molar-refractivity contribution in [1.29, 1.82) is 0 Å². The van der Waals surface area contributed by atoms with E-state index < -0.39 is 0 Å². The second-order valence-corrected chi connectivity index (χ2v) is 6.11. The highest BCUT2D eigenvalue weighted by molar-refractivity contribution is 9.10. The summed E-state index contributed by atoms with van der Waals surface area (Å²) in [7, 11) is 2.12. The topological polar surface area (TPSA) is 3.24 Å². The van der Waals surface area contributed by atoms with Gasteiger partial charge in [-0.3, -0.25) is 0 Å². The fourth-order valence-corrected chi connectivity index (χ4v) is 3.03. The third kappa shape index (κ3) is 1.91. The van der Waals surface area contributed by atoms with Gasteiger partial charge >= 0.3 is 0 Å². The van der Waals surface area contributed by atoms with Crippen molar-refractivity contribution in [3.05, 3.63) is 56.5 Å². The molecule has 3 heteroatoms. The molecule has 1 aliphatic heterocycles. The van der Waals surface area contributed by atoms with E-state index in [-0.39, 0.29) is 0 Å². The molecular formula is C14H11Br2N. The minimum Gasteiger partial charge on any atom is -0.344 e. The molecule has 17 heavy (non-hydrogen) atoms. The van der Waals surface area contributed by atoms with Gasteiger partial charge in [-0.1, -0.05) is 44.0 Å². The Morgan fingerprint density at radius 1 is 0.882 bits per heavy atom. The molecule has 0 atom stereocenters. The van der Waals surface area contributed by atoms with Crippen molar-refractivity contribution in [2.75, 3.05) is 11.9 Å². The van der Waals surface area contributed by atoms with Gasteiger partial charge in [0, 0.05) is 33.8 Å². The van der Waals surface area contributed by atoms with Crippen molar-refractivity contribution in [3.63, 3.8) is 0 Å². The van der Waals surface area contributed by atoms with Gasteiger partial charge in [0.25, 0.3) is 0 Å². The van der Waals surface area contributed by atoms with Gasteiger partial charge in [0.1, 0.15) is 0 Å². The molecule has 0 bridgehead atoms. The SMILES string of the molecule is CN1c2cc(Br)ccc2Cc2ccc(Br)cc21. The zero-order valence-corrected chi connectivity index (χ0v) is 12.5. The van der Waals surface area contributed by atoms with Crippen LogP contribution in [0.2, 0.25) is 0 Å². The Balaban J connectivity index is 2.18. The Hall–Kier alpha value is -0.800. The number of nitrogens with zero attached hydrogens (tertiary/aromatic N) is 1. The third-order valence-corrected chi connectivity index (χ3v) is 4.18. The summed E-state index contributed by atoms with van der Waals surface area (Å²) in [6.07, 6.45) is 1.01. The summed E-state index contributed by atoms with van der Waals surface area (Å²) in [4.78, 5) is 2.25. The van der Waals surface area contributed by atoms with Gasteiger partial charge in [0.05, 0.1) is 0 Å². The van der Waals surface area contributed by atoms with Gasteiger partial charge in [-0.05, 0) is 35.4 Å². The maximum Gasteiger partial charge on any atom is 0.0455 e. The maximum absolute atomic E-state index is 3.54. The van der Waals surface area contributed by atoms with E-state index >= 15 is 0 Å². The fourth-order valence-electron chi connectivity index (χ4n) is 2.33. The van der Waals surface area contributed by atoms with Crippen molar-refractivity contribution in [3.8, 4) is 0 Å². The van der Waals surface area contributed by atoms with E-state index in [1.165, 1.54) is 22.5 Å². The van der Waals surface area contributed by atoms with Crippen LogP contribution in [0, 0.1) is 0 Å². The van der Waals surface area contributed by atoms with Gasteiger partial charge in [0.2, 0.25) is 0 Å². The molecule has 86 valence electrons. The summed E-state index contributed by atoms with van der Waals surface area (Å²) in [6.45, 7) is 0. The molecule has 0 radical (unpaired) electrons. The highest BCUT2D eigenvalue weighted by Crippen LogP contribution is 2.39. The third-order valence-electron chi connectivity index (χ3n) is 3.20. The lowest BCUT2D eigenvalue weighted by Gasteiger charge is -2.30. The summed E-state index contributed by atoms with van der Waals surface area (Å²) in [5.74, 6) is 0. The molecule has 0 fully saturated rings. The van der Waals surface area contributed by atoms with E-state index in [2.05, 4.69) is 80.2 Å². The molecule has 0 aromatic heterocycles. The Bertz CT molecular complexity index is 541. The quantitative estimate of drug-likeness (QED) is 0.652. The number of halogens is 2. The van der Waals surface area contributed by atoms with Crippen LogP contribution in [-0.4, -0.2) is 7.05 Å². The first-order valence-corrected chi connectivity index (χ1v) is 7.04. The Morgan fingerprint density at radius 2 is 1.35 bits per heavy atom. The lowest BCUT2D eigenvalue weighted by molar-refractivity contribution is 1.05. The Labute approximate surface area is 118 Å². The first kappa shape index (κ1) is 11.3. The molecule has 0 spiro atoms. The van der Waals surface area contributed by atoms with E-state index in [0.29, 0.717) is 0 Å². The monoisotopic (exact) mass is 351 g/mol. The van der Waals surface area contributed by atoms with Gasteiger partial charge in [-0.15, -0.1) is 0 Å². The molecule has 1 aliphatic rings. The van der Waals surface area contributed by atoms with Gasteiger partial charge in [0.15, 0.2) is 0 Å². The first-order chi connectivity index (χ1) is 8.15. The van der Waals surface area contributed by atoms with Crippen LogP contribution in [0.5, 0.6) is 0 Å². The predicted molar refractivity (Wildman–Crippen MR) is 79.2 cm³/mol. The van der Waals surface area contributed by atoms with Crippen molar-refractivity contribution in [2.24, 2.45) is 0 Å². The van der Waals surface area contributed by atoms with E-state index in [1.54, 1.807) is 0 Å². The van der Waals surface area contributed by atoms with Gasteiger partial charge in [-0.25, -0.2) is 0 Å². The molecule has 0 N–H and O–H groups in total. The molecule has 0 unspecified atom stereocenters. The number of hydrogen-bond donors (Lipinski definition) is 0. The van der Waals surface area contributed by atoms with E-state index in [4.69, 9.17) is 0 Å². The lowest BCUT2D eigenvalue weighted by Crippen LogP contribution is -2.18. The second-order valence-electron chi connectivity index (χ2n) is 4.28. The summed E-state index contributed by atoms with van der Waals surface area (Å²) in [5.41, 5.74) is 5.32. The smallest absolute Gasteiger partial charge is 0.0455 e. The van der Waals surface area contributed by atoms with Crippen LogP contribution < -0.4 is 4.90 Å². The summed E-state index contributed by atoms with van der Waals surface area (Å²) in [6, 6.07) is 13.0. The number of hydrogen-bond acceptors (Lipinski definition) is 1. The van der Waals surface area contributed by atoms with Crippen LogP contribution in [-0.2, 0) is 6.42 Å². The van der Waals surface area contributed by atoms with Crippen molar-refractivity contribution >= 4 is 43.2 Å². The fraction of sp³-hybridized carbons (Fsp3) is 0.143. The molecule has 1 nitrogen and oxygen atoms in total. The molecule has 0 amide bonds. The van der Waals surface area contributed by atoms with E-state index in [9.17, 15) is 0 Å². The molecule has 2 aromatic carbocycles. The number of fused-ring (bicyclic) bond motifs is 2. The summed E-state index contributed by atoms with van der Waals surface area (Å²) < 4.78 is 2.25. The van der Waals surface area contributed by atoms with Crippen molar-refractivity contribution in [2.45, 2.75) is 6.42 Å². The van der Waals surface area contributed by atoms with Crippen molar-refractivity contribution in [1.82, 2.24) is 0 Å². The summed E-state index contributed by atoms with van der Waals surface area (Å²) >= 11 is 7.07. The largest absolute Gasteiger partial charge is 0.344 e. The van der Waals surface area contributed by atoms with Gasteiger partial charge < -0.3 is 4.90 Å². The van der Waals surface area contributed by atoms with Gasteiger partial charge in [-0.2, -0.15) is 0 Å². The highest BCUT2D eigenvalue weighted by Gasteiger charge is 2.19. The number of rotatable bonds is 0. The predicted octanol–water partition coefficient (Wildman–Crippen LogP) is 4.88. The Kier molecular flexibility index (Phi) is 2.75. The summed E-state index contributed by atoms with van der Waals surface area (Å²) in [5, 5.41) is 0. The first-order valence-electron chi connectivity index (χ1n) is 5.46. The molecule has 1 heterocycles. The molecule has 0 saturated carbocycles. The number of benzene rings is 2. The molecule has 3 rings (SSSR count). The van der Waals surface area contributed by atoms with E-state index in [1.807, 2.05) is 0 Å². The normalized spacial score (nSPS) is 13.2. The molecule has 0 saturated heterocycles. The zero-order valence-electron chi connectivity index (χ0n) is 9.37. The molecular weight excluding hydrogens is 342 g/mol. The van der Waals surface area contributed by atoms with Crippen LogP contribution in [0.25, 0.3) is 0 Å². The van der Waals surface area contributed by atoms with Crippen LogP contribution in [0.15, 0.2) is 45.3 Å². The van der Waals surface area contributed by atoms with Crippen molar-refractivity contribution < 1.29 is 0 Å². The van der Waals surface area contributed by atoms with Crippen LogP contribution in [0.1, 0.15) is 11.1 Å². The average molecular weight is 353 g/mol. The average Bonchev–Trinajstić information content (AvgIpc) is 2.32. The van der Waals surface area contributed by atoms with Crippen LogP contribution in [0.4, 0.5) is 11.4 Å². The van der Waals surface area contributed by atoms with Crippen LogP contribution >= 0.6 is 31.9 Å². The minimum atomic E-state index is 1.01. The Morgan fingerprint density at radius 3 is 1.82 bits per heavy atom. The van der Waals surface area contributed by atoms with E-state index in [0.717, 1.165) is 15.4 Å². The highest BCUT2D eigenvalue weighted by atomic mass is 79.9. The number of anilines is 2. The minimum absolute atomic E-state index is 1.01. The second kappa shape index (κ2) is 4.14. The standard InChI is InChI=1S/C14H11Br2N/c1-17-13-7-11(15)4-2-9(13)6-10-3-5-12(16)8-14(10)17/h2-5,7-8H,6H2,1H3. The zero-order chi connectivity index (χ0) is 12.0. The lowest BCUT2D eigenvalue weighted by atomic mass is 9.96.